The molecule has 3 N–H and O–H groups in total. The van der Waals surface area contributed by atoms with Crippen molar-refractivity contribution in [2.75, 3.05) is 23.7 Å². The monoisotopic (exact) mass is 487 g/mol. The van der Waals surface area contributed by atoms with Gasteiger partial charge in [-0.3, -0.25) is 14.3 Å². The van der Waals surface area contributed by atoms with Crippen LogP contribution in [0.2, 0.25) is 5.02 Å². The van der Waals surface area contributed by atoms with Crippen molar-refractivity contribution in [3.8, 4) is 5.75 Å². The van der Waals surface area contributed by atoms with Crippen molar-refractivity contribution in [2.24, 2.45) is 0 Å². The quantitative estimate of drug-likeness (QED) is 0.428. The fourth-order valence-electron chi connectivity index (χ4n) is 2.94. The lowest BCUT2D eigenvalue weighted by molar-refractivity contribution is -0.123. The zero-order valence-electron chi connectivity index (χ0n) is 17.7. The van der Waals surface area contributed by atoms with Crippen LogP contribution < -0.4 is 20.1 Å². The molecule has 2 amide bonds. The van der Waals surface area contributed by atoms with E-state index in [9.17, 15) is 18.0 Å². The normalized spacial score (nSPS) is 10.8. The predicted octanol–water partition coefficient (Wildman–Crippen LogP) is 3.45. The van der Waals surface area contributed by atoms with Gasteiger partial charge in [0.2, 0.25) is 11.8 Å². The third kappa shape index (κ3) is 6.71. The molecular weight excluding hydrogens is 466 g/mol. The molecule has 3 aromatic rings. The third-order valence-electron chi connectivity index (χ3n) is 4.51. The van der Waals surface area contributed by atoms with Gasteiger partial charge in [-0.1, -0.05) is 54.1 Å². The predicted molar refractivity (Wildman–Crippen MR) is 127 cm³/mol. The zero-order chi connectivity index (χ0) is 23.8. The Hall–Kier alpha value is -3.56. The number of nitrogens with one attached hydrogen (secondary N) is 3. The number of amides is 2. The maximum atomic E-state index is 12.9. The maximum Gasteiger partial charge on any atom is 0.265 e. The molecule has 0 bridgehead atoms. The molecule has 172 valence electrons. The summed E-state index contributed by atoms with van der Waals surface area (Å²) in [6.07, 6.45) is 0.146. The molecule has 10 heteroatoms. The molecule has 0 radical (unpaired) electrons. The van der Waals surface area contributed by atoms with Gasteiger partial charge in [0.15, 0.2) is 0 Å². The molecule has 3 rings (SSSR count). The highest BCUT2D eigenvalue weighted by atomic mass is 35.5. The number of methoxy groups -OCH3 is 1. The number of benzene rings is 3. The smallest absolute Gasteiger partial charge is 0.265 e. The van der Waals surface area contributed by atoms with Crippen molar-refractivity contribution in [3.63, 3.8) is 0 Å². The summed E-state index contributed by atoms with van der Waals surface area (Å²) in [7, 11) is -2.74. The lowest BCUT2D eigenvalue weighted by Gasteiger charge is -2.14. The summed E-state index contributed by atoms with van der Waals surface area (Å²) >= 11 is 6.05. The van der Waals surface area contributed by atoms with Crippen LogP contribution in [0.5, 0.6) is 5.75 Å². The van der Waals surface area contributed by atoms with E-state index < -0.39 is 15.9 Å². The number of carbonyl (C=O) groups is 2. The van der Waals surface area contributed by atoms with Crippen molar-refractivity contribution >= 4 is 44.8 Å². The van der Waals surface area contributed by atoms with Gasteiger partial charge < -0.3 is 15.4 Å². The van der Waals surface area contributed by atoms with Gasteiger partial charge in [0.05, 0.1) is 30.8 Å². The van der Waals surface area contributed by atoms with E-state index in [1.165, 1.54) is 31.4 Å². The molecule has 0 unspecified atom stereocenters. The number of anilines is 2. The molecule has 0 saturated carbocycles. The number of hydrogen-bond donors (Lipinski definition) is 3. The summed E-state index contributed by atoms with van der Waals surface area (Å²) in [4.78, 5) is 24.1. The summed E-state index contributed by atoms with van der Waals surface area (Å²) in [6.45, 7) is -0.266. The van der Waals surface area contributed by atoms with E-state index in [1.807, 2.05) is 30.3 Å². The molecule has 0 aliphatic rings. The molecule has 0 heterocycles. The third-order valence-corrected chi connectivity index (χ3v) is 6.22. The Morgan fingerprint density at radius 2 is 1.64 bits per heavy atom. The fraction of sp³-hybridized carbons (Fsp3) is 0.130. The van der Waals surface area contributed by atoms with Gasteiger partial charge >= 0.3 is 0 Å². The van der Waals surface area contributed by atoms with Crippen LogP contribution in [0, 0.1) is 0 Å². The Morgan fingerprint density at radius 1 is 0.939 bits per heavy atom. The number of rotatable bonds is 9. The highest BCUT2D eigenvalue weighted by molar-refractivity contribution is 7.92. The van der Waals surface area contributed by atoms with Gasteiger partial charge in [-0.15, -0.1) is 0 Å². The summed E-state index contributed by atoms with van der Waals surface area (Å²) in [6, 6.07) is 19.7. The van der Waals surface area contributed by atoms with Crippen LogP contribution in [0.1, 0.15) is 5.56 Å². The van der Waals surface area contributed by atoms with Gasteiger partial charge in [-0.2, -0.15) is 0 Å². The first kappa shape index (κ1) is 24.1. The Morgan fingerprint density at radius 3 is 2.33 bits per heavy atom. The maximum absolute atomic E-state index is 12.9. The van der Waals surface area contributed by atoms with Gasteiger partial charge in [0, 0.05) is 5.69 Å². The van der Waals surface area contributed by atoms with Gasteiger partial charge in [0.25, 0.3) is 10.0 Å². The number of halogens is 1. The molecule has 3 aromatic carbocycles. The van der Waals surface area contributed by atoms with Crippen LogP contribution in [0.25, 0.3) is 0 Å². The minimum absolute atomic E-state index is 0.0868. The van der Waals surface area contributed by atoms with Crippen LogP contribution in [-0.2, 0) is 26.0 Å². The van der Waals surface area contributed by atoms with E-state index in [4.69, 9.17) is 16.3 Å². The molecule has 0 aromatic heterocycles. The topological polar surface area (TPSA) is 114 Å². The van der Waals surface area contributed by atoms with Crippen molar-refractivity contribution in [1.82, 2.24) is 5.32 Å². The minimum Gasteiger partial charge on any atom is -0.495 e. The highest BCUT2D eigenvalue weighted by Gasteiger charge is 2.22. The Labute approximate surface area is 197 Å². The van der Waals surface area contributed by atoms with Crippen LogP contribution >= 0.6 is 11.6 Å². The zero-order valence-corrected chi connectivity index (χ0v) is 19.2. The van der Waals surface area contributed by atoms with E-state index >= 15 is 0 Å². The molecule has 33 heavy (non-hydrogen) atoms. The van der Waals surface area contributed by atoms with Crippen LogP contribution in [0.15, 0.2) is 77.7 Å². The lowest BCUT2D eigenvalue weighted by atomic mass is 10.1. The van der Waals surface area contributed by atoms with Crippen LogP contribution in [0.3, 0.4) is 0 Å². The van der Waals surface area contributed by atoms with E-state index in [-0.39, 0.29) is 45.9 Å². The largest absolute Gasteiger partial charge is 0.495 e. The SMILES string of the molecule is COc1ccc(NC(=O)CNC(=O)Cc2ccccc2)cc1S(=O)(=O)Nc1ccccc1Cl. The Balaban J connectivity index is 1.68. The Kier molecular flexibility index (Phi) is 7.92. The van der Waals surface area contributed by atoms with Crippen LogP contribution in [0.4, 0.5) is 11.4 Å². The summed E-state index contributed by atoms with van der Waals surface area (Å²) in [5.41, 5.74) is 1.25. The van der Waals surface area contributed by atoms with E-state index in [1.54, 1.807) is 18.2 Å². The molecule has 0 aliphatic heterocycles. The van der Waals surface area contributed by atoms with Crippen molar-refractivity contribution in [2.45, 2.75) is 11.3 Å². The average molecular weight is 488 g/mol. The number of para-hydroxylation sites is 1. The lowest BCUT2D eigenvalue weighted by Crippen LogP contribution is -2.33. The first-order valence-electron chi connectivity index (χ1n) is 9.84. The molecule has 8 nitrogen and oxygen atoms in total. The second kappa shape index (κ2) is 10.8. The van der Waals surface area contributed by atoms with E-state index in [0.717, 1.165) is 5.56 Å². The fourth-order valence-corrected chi connectivity index (χ4v) is 4.45. The molecular formula is C23H22ClN3O5S. The molecule has 0 spiro atoms. The van der Waals surface area contributed by atoms with Gasteiger partial charge in [0.1, 0.15) is 10.6 Å². The standard InChI is InChI=1S/C23H22ClN3O5S/c1-32-20-12-11-17(14-21(20)33(30,31)27-19-10-6-5-9-18(19)24)26-23(29)15-25-22(28)13-16-7-3-2-4-8-16/h2-12,14,27H,13,15H2,1H3,(H,25,28)(H,26,29). The number of ether oxygens (including phenoxy) is 1. The number of carbonyl (C=O) groups excluding carboxylic acids is 2. The number of sulfonamides is 1. The molecule has 0 aliphatic carbocycles. The second-order valence-electron chi connectivity index (χ2n) is 6.94. The van der Waals surface area contributed by atoms with Crippen molar-refractivity contribution in [1.29, 1.82) is 0 Å². The summed E-state index contributed by atoms with van der Waals surface area (Å²) < 4.78 is 33.5. The first-order valence-corrected chi connectivity index (χ1v) is 11.7. The molecule has 0 atom stereocenters. The summed E-state index contributed by atoms with van der Waals surface area (Å²) in [5.74, 6) is -0.731. The number of hydrogen-bond acceptors (Lipinski definition) is 5. The van der Waals surface area contributed by atoms with Gasteiger partial charge in [-0.25, -0.2) is 8.42 Å². The minimum atomic E-state index is -4.08. The van der Waals surface area contributed by atoms with Crippen LogP contribution in [-0.4, -0.2) is 33.9 Å². The van der Waals surface area contributed by atoms with Crippen molar-refractivity contribution < 1.29 is 22.7 Å². The Bertz CT molecular complexity index is 1250. The van der Waals surface area contributed by atoms with Gasteiger partial charge in [-0.05, 0) is 35.9 Å². The highest BCUT2D eigenvalue weighted by Crippen LogP contribution is 2.30. The molecule has 0 saturated heterocycles. The summed E-state index contributed by atoms with van der Waals surface area (Å²) in [5, 5.41) is 5.34. The van der Waals surface area contributed by atoms with E-state index in [0.29, 0.717) is 0 Å². The molecule has 0 fully saturated rings. The van der Waals surface area contributed by atoms with E-state index in [2.05, 4.69) is 15.4 Å². The second-order valence-corrected chi connectivity index (χ2v) is 9.00. The first-order chi connectivity index (χ1) is 15.8. The average Bonchev–Trinajstić information content (AvgIpc) is 2.80. The van der Waals surface area contributed by atoms with Crippen molar-refractivity contribution in [3.05, 3.63) is 83.4 Å².